The summed E-state index contributed by atoms with van der Waals surface area (Å²) in [5.74, 6) is -0.139. The van der Waals surface area contributed by atoms with Gasteiger partial charge in [-0.15, -0.1) is 0 Å². The predicted octanol–water partition coefficient (Wildman–Crippen LogP) is 0.586. The van der Waals surface area contributed by atoms with E-state index in [0.717, 1.165) is 18.5 Å². The Labute approximate surface area is 103 Å². The molecule has 1 amide bonds. The summed E-state index contributed by atoms with van der Waals surface area (Å²) in [5, 5.41) is 5.88. The smallest absolute Gasteiger partial charge is 0.244 e. The van der Waals surface area contributed by atoms with Gasteiger partial charge in [-0.25, -0.2) is 0 Å². The van der Waals surface area contributed by atoms with E-state index in [9.17, 15) is 4.79 Å². The van der Waals surface area contributed by atoms with E-state index < -0.39 is 5.54 Å². The molecule has 0 saturated carbocycles. The molecule has 0 heterocycles. The van der Waals surface area contributed by atoms with Gasteiger partial charge in [0.1, 0.15) is 5.54 Å². The molecule has 0 radical (unpaired) electrons. The molecule has 1 aromatic carbocycles. The van der Waals surface area contributed by atoms with E-state index in [2.05, 4.69) is 10.6 Å². The molecule has 1 unspecified atom stereocenters. The number of nitrogens with two attached hydrogens (primary N) is 1. The Kier molecular flexibility index (Phi) is 5.12. The molecule has 0 spiro atoms. The molecule has 17 heavy (non-hydrogen) atoms. The fourth-order valence-corrected chi connectivity index (χ4v) is 1.57. The standard InChI is InChI=1S/C13H21N3O/c1-13(14,11-7-4-3-5-8-11)12(17)16-10-6-9-15-2/h3-5,7-8,15H,6,9-10,14H2,1-2H3,(H,16,17). The average Bonchev–Trinajstić information content (AvgIpc) is 2.35. The van der Waals surface area contributed by atoms with Crippen LogP contribution in [0.3, 0.4) is 0 Å². The third-order valence-electron chi connectivity index (χ3n) is 2.73. The van der Waals surface area contributed by atoms with Crippen molar-refractivity contribution in [2.24, 2.45) is 5.73 Å². The molecule has 4 heteroatoms. The van der Waals surface area contributed by atoms with Crippen LogP contribution in [-0.4, -0.2) is 26.0 Å². The summed E-state index contributed by atoms with van der Waals surface area (Å²) in [6, 6.07) is 9.41. The van der Waals surface area contributed by atoms with Crippen molar-refractivity contribution < 1.29 is 4.79 Å². The van der Waals surface area contributed by atoms with E-state index in [0.29, 0.717) is 6.54 Å². The van der Waals surface area contributed by atoms with Crippen LogP contribution in [0.2, 0.25) is 0 Å². The highest BCUT2D eigenvalue weighted by atomic mass is 16.2. The fourth-order valence-electron chi connectivity index (χ4n) is 1.57. The van der Waals surface area contributed by atoms with E-state index in [1.165, 1.54) is 0 Å². The molecule has 1 rings (SSSR count). The number of benzene rings is 1. The average molecular weight is 235 g/mol. The number of amides is 1. The minimum atomic E-state index is -0.971. The Hall–Kier alpha value is -1.39. The maximum absolute atomic E-state index is 12.0. The quantitative estimate of drug-likeness (QED) is 0.632. The van der Waals surface area contributed by atoms with Crippen LogP contribution in [0.25, 0.3) is 0 Å². The van der Waals surface area contributed by atoms with Gasteiger partial charge in [-0.2, -0.15) is 0 Å². The van der Waals surface area contributed by atoms with Crippen LogP contribution in [0.4, 0.5) is 0 Å². The Morgan fingerprint density at radius 1 is 1.29 bits per heavy atom. The number of hydrogen-bond donors (Lipinski definition) is 3. The molecule has 4 N–H and O–H groups in total. The Balaban J connectivity index is 2.55. The number of hydrogen-bond acceptors (Lipinski definition) is 3. The summed E-state index contributed by atoms with van der Waals surface area (Å²) >= 11 is 0. The molecular weight excluding hydrogens is 214 g/mol. The van der Waals surface area contributed by atoms with Gasteiger partial charge in [-0.3, -0.25) is 4.79 Å². The lowest BCUT2D eigenvalue weighted by atomic mass is 9.92. The van der Waals surface area contributed by atoms with E-state index in [1.54, 1.807) is 6.92 Å². The number of rotatable bonds is 6. The second-order valence-corrected chi connectivity index (χ2v) is 4.28. The monoisotopic (exact) mass is 235 g/mol. The van der Waals surface area contributed by atoms with Crippen LogP contribution in [0.5, 0.6) is 0 Å². The maximum Gasteiger partial charge on any atom is 0.244 e. The van der Waals surface area contributed by atoms with Crippen LogP contribution in [0, 0.1) is 0 Å². The molecule has 0 aliphatic carbocycles. The van der Waals surface area contributed by atoms with Gasteiger partial charge in [0.2, 0.25) is 5.91 Å². The molecule has 0 aliphatic rings. The van der Waals surface area contributed by atoms with Crippen molar-refractivity contribution in [3.63, 3.8) is 0 Å². The molecule has 1 aromatic rings. The number of carbonyl (C=O) groups excluding carboxylic acids is 1. The summed E-state index contributed by atoms with van der Waals surface area (Å²) in [6.45, 7) is 3.25. The SMILES string of the molecule is CNCCCNC(=O)C(C)(N)c1ccccc1. The van der Waals surface area contributed by atoms with Crippen LogP contribution in [0.15, 0.2) is 30.3 Å². The second-order valence-electron chi connectivity index (χ2n) is 4.28. The van der Waals surface area contributed by atoms with Gasteiger partial charge in [0, 0.05) is 6.54 Å². The minimum absolute atomic E-state index is 0.139. The third-order valence-corrected chi connectivity index (χ3v) is 2.73. The molecule has 0 fully saturated rings. The Bertz CT molecular complexity index is 349. The summed E-state index contributed by atoms with van der Waals surface area (Å²) in [6.07, 6.45) is 0.896. The van der Waals surface area contributed by atoms with Crippen LogP contribution >= 0.6 is 0 Å². The first-order valence-corrected chi connectivity index (χ1v) is 5.86. The summed E-state index contributed by atoms with van der Waals surface area (Å²) in [4.78, 5) is 12.0. The molecule has 0 aromatic heterocycles. The lowest BCUT2D eigenvalue weighted by Crippen LogP contribution is -2.49. The Morgan fingerprint density at radius 2 is 1.94 bits per heavy atom. The van der Waals surface area contributed by atoms with Gasteiger partial charge in [-0.1, -0.05) is 30.3 Å². The fraction of sp³-hybridized carbons (Fsp3) is 0.462. The summed E-state index contributed by atoms with van der Waals surface area (Å²) in [7, 11) is 1.89. The molecule has 0 saturated heterocycles. The van der Waals surface area contributed by atoms with Gasteiger partial charge in [0.15, 0.2) is 0 Å². The zero-order chi connectivity index (χ0) is 12.7. The highest BCUT2D eigenvalue weighted by Gasteiger charge is 2.29. The van der Waals surface area contributed by atoms with E-state index in [1.807, 2.05) is 37.4 Å². The van der Waals surface area contributed by atoms with Crippen molar-refractivity contribution in [2.75, 3.05) is 20.1 Å². The first kappa shape index (κ1) is 13.7. The highest BCUT2D eigenvalue weighted by molar-refractivity contribution is 5.86. The lowest BCUT2D eigenvalue weighted by molar-refractivity contribution is -0.126. The zero-order valence-corrected chi connectivity index (χ0v) is 10.5. The van der Waals surface area contributed by atoms with Crippen molar-refractivity contribution in [1.29, 1.82) is 0 Å². The van der Waals surface area contributed by atoms with Crippen LogP contribution in [-0.2, 0) is 10.3 Å². The maximum atomic E-state index is 12.0. The first-order valence-electron chi connectivity index (χ1n) is 5.86. The van der Waals surface area contributed by atoms with Crippen molar-refractivity contribution in [3.05, 3.63) is 35.9 Å². The topological polar surface area (TPSA) is 67.1 Å². The van der Waals surface area contributed by atoms with Gasteiger partial charge in [-0.05, 0) is 32.5 Å². The largest absolute Gasteiger partial charge is 0.354 e. The normalized spacial score (nSPS) is 14.1. The second kappa shape index (κ2) is 6.37. The Morgan fingerprint density at radius 3 is 2.53 bits per heavy atom. The van der Waals surface area contributed by atoms with Crippen molar-refractivity contribution in [1.82, 2.24) is 10.6 Å². The zero-order valence-electron chi connectivity index (χ0n) is 10.5. The summed E-state index contributed by atoms with van der Waals surface area (Å²) < 4.78 is 0. The molecule has 0 bridgehead atoms. The van der Waals surface area contributed by atoms with Crippen molar-refractivity contribution in [3.8, 4) is 0 Å². The molecule has 1 atom stereocenters. The van der Waals surface area contributed by atoms with E-state index in [4.69, 9.17) is 5.73 Å². The van der Waals surface area contributed by atoms with Crippen LogP contribution < -0.4 is 16.4 Å². The molecule has 4 nitrogen and oxygen atoms in total. The van der Waals surface area contributed by atoms with Crippen molar-refractivity contribution in [2.45, 2.75) is 18.9 Å². The lowest BCUT2D eigenvalue weighted by Gasteiger charge is -2.24. The van der Waals surface area contributed by atoms with Gasteiger partial charge >= 0.3 is 0 Å². The summed E-state index contributed by atoms with van der Waals surface area (Å²) in [5.41, 5.74) is 5.92. The predicted molar refractivity (Wildman–Crippen MR) is 69.5 cm³/mol. The third kappa shape index (κ3) is 3.84. The van der Waals surface area contributed by atoms with Crippen LogP contribution in [0.1, 0.15) is 18.9 Å². The van der Waals surface area contributed by atoms with E-state index in [-0.39, 0.29) is 5.91 Å². The number of nitrogens with one attached hydrogen (secondary N) is 2. The van der Waals surface area contributed by atoms with Gasteiger partial charge in [0.25, 0.3) is 0 Å². The molecule has 94 valence electrons. The molecule has 0 aliphatic heterocycles. The van der Waals surface area contributed by atoms with E-state index >= 15 is 0 Å². The molecular formula is C13H21N3O. The van der Waals surface area contributed by atoms with Gasteiger partial charge < -0.3 is 16.4 Å². The first-order chi connectivity index (χ1) is 8.09. The number of carbonyl (C=O) groups is 1. The highest BCUT2D eigenvalue weighted by Crippen LogP contribution is 2.17. The van der Waals surface area contributed by atoms with Gasteiger partial charge in [0.05, 0.1) is 0 Å². The minimum Gasteiger partial charge on any atom is -0.354 e. The van der Waals surface area contributed by atoms with Crippen molar-refractivity contribution >= 4 is 5.91 Å².